The minimum absolute atomic E-state index is 0.00191. The highest BCUT2D eigenvalue weighted by molar-refractivity contribution is 6.31. The van der Waals surface area contributed by atoms with E-state index in [4.69, 9.17) is 16.3 Å². The Hall–Kier alpha value is -3.51. The molecule has 164 valence electrons. The molecular formula is C25H25ClN4O2. The summed E-state index contributed by atoms with van der Waals surface area (Å²) in [5, 5.41) is 11.4. The summed E-state index contributed by atoms with van der Waals surface area (Å²) in [6.07, 6.45) is 0.587. The first kappa shape index (κ1) is 21.7. The van der Waals surface area contributed by atoms with Gasteiger partial charge in [0.25, 0.3) is 0 Å². The van der Waals surface area contributed by atoms with Crippen molar-refractivity contribution in [2.24, 2.45) is 5.10 Å². The lowest BCUT2D eigenvalue weighted by atomic mass is 9.92. The van der Waals surface area contributed by atoms with Gasteiger partial charge < -0.3 is 15.4 Å². The summed E-state index contributed by atoms with van der Waals surface area (Å²) < 4.78 is 5.26. The summed E-state index contributed by atoms with van der Waals surface area (Å²) in [4.78, 5) is 12.5. The number of nitrogens with zero attached hydrogens (tertiary/aromatic N) is 1. The third kappa shape index (κ3) is 4.86. The molecule has 0 aromatic heterocycles. The molecule has 1 unspecified atom stereocenters. The zero-order valence-corrected chi connectivity index (χ0v) is 19.0. The van der Waals surface area contributed by atoms with Gasteiger partial charge in [-0.05, 0) is 73.0 Å². The van der Waals surface area contributed by atoms with Crippen LogP contribution in [0.3, 0.4) is 0 Å². The predicted octanol–water partition coefficient (Wildman–Crippen LogP) is 6.05. The van der Waals surface area contributed by atoms with Gasteiger partial charge in [-0.15, -0.1) is 0 Å². The van der Waals surface area contributed by atoms with E-state index in [0.29, 0.717) is 11.4 Å². The molecule has 1 aliphatic heterocycles. The van der Waals surface area contributed by atoms with Crippen molar-refractivity contribution in [3.63, 3.8) is 0 Å². The summed E-state index contributed by atoms with van der Waals surface area (Å²) in [6.45, 7) is 4.04. The van der Waals surface area contributed by atoms with Gasteiger partial charge in [0, 0.05) is 28.4 Å². The van der Waals surface area contributed by atoms with Crippen molar-refractivity contribution >= 4 is 34.7 Å². The number of rotatable bonds is 4. The Morgan fingerprint density at radius 3 is 2.56 bits per heavy atom. The van der Waals surface area contributed by atoms with E-state index in [9.17, 15) is 4.79 Å². The average Bonchev–Trinajstić information content (AvgIpc) is 2.80. The van der Waals surface area contributed by atoms with E-state index >= 15 is 0 Å². The van der Waals surface area contributed by atoms with Crippen LogP contribution in [-0.4, -0.2) is 18.9 Å². The molecule has 0 fully saturated rings. The monoisotopic (exact) mass is 448 g/mol. The lowest BCUT2D eigenvalue weighted by Crippen LogP contribution is -2.29. The fourth-order valence-electron chi connectivity index (χ4n) is 3.66. The maximum absolute atomic E-state index is 12.5. The highest BCUT2D eigenvalue weighted by Gasteiger charge is 2.25. The standard InChI is InChI=1S/C25H25ClN4O2/c1-15-4-8-19(12-16(15)2)27-25(31)30-29-24-14-23(17-5-9-20(32-3)10-6-17)28-22-11-7-18(26)13-21(22)24/h4-13,23,28H,14H2,1-3H3,(H2,27,30,31). The summed E-state index contributed by atoms with van der Waals surface area (Å²) in [6, 6.07) is 18.9. The molecule has 3 N–H and O–H groups in total. The number of amides is 2. The average molecular weight is 449 g/mol. The zero-order valence-electron chi connectivity index (χ0n) is 18.2. The molecule has 7 heteroatoms. The minimum atomic E-state index is -0.399. The number of anilines is 2. The summed E-state index contributed by atoms with van der Waals surface area (Å²) in [5.41, 5.74) is 9.26. The Kier molecular flexibility index (Phi) is 6.32. The Morgan fingerprint density at radius 1 is 1.06 bits per heavy atom. The predicted molar refractivity (Wildman–Crippen MR) is 130 cm³/mol. The van der Waals surface area contributed by atoms with Gasteiger partial charge in [-0.3, -0.25) is 0 Å². The summed E-state index contributed by atoms with van der Waals surface area (Å²) >= 11 is 6.23. The second kappa shape index (κ2) is 9.32. The quantitative estimate of drug-likeness (QED) is 0.425. The van der Waals surface area contributed by atoms with Gasteiger partial charge >= 0.3 is 6.03 Å². The number of hydrazone groups is 1. The van der Waals surface area contributed by atoms with Crippen LogP contribution in [0.2, 0.25) is 5.02 Å². The first-order chi connectivity index (χ1) is 15.4. The Bertz CT molecular complexity index is 1180. The molecule has 0 saturated carbocycles. The Morgan fingerprint density at radius 2 is 1.84 bits per heavy atom. The number of carbonyl (C=O) groups excluding carboxylic acids is 1. The van der Waals surface area contributed by atoms with Crippen molar-refractivity contribution < 1.29 is 9.53 Å². The fourth-order valence-corrected chi connectivity index (χ4v) is 3.83. The molecular weight excluding hydrogens is 424 g/mol. The van der Waals surface area contributed by atoms with Gasteiger partial charge in [-0.2, -0.15) is 5.10 Å². The maximum atomic E-state index is 12.5. The lowest BCUT2D eigenvalue weighted by Gasteiger charge is -2.29. The summed E-state index contributed by atoms with van der Waals surface area (Å²) in [5.74, 6) is 0.801. The molecule has 0 aliphatic carbocycles. The lowest BCUT2D eigenvalue weighted by molar-refractivity contribution is 0.252. The smallest absolute Gasteiger partial charge is 0.339 e. The molecule has 2 amide bonds. The second-order valence-corrected chi connectivity index (χ2v) is 8.22. The van der Waals surface area contributed by atoms with Gasteiger partial charge in [-0.1, -0.05) is 29.8 Å². The SMILES string of the molecule is COc1ccc(C2CC(=NNC(=O)Nc3ccc(C)c(C)c3)c3cc(Cl)ccc3N2)cc1. The van der Waals surface area contributed by atoms with Crippen LogP contribution < -0.4 is 20.8 Å². The molecule has 0 radical (unpaired) electrons. The van der Waals surface area contributed by atoms with E-state index in [-0.39, 0.29) is 6.04 Å². The number of urea groups is 1. The Balaban J connectivity index is 1.56. The van der Waals surface area contributed by atoms with E-state index in [1.54, 1.807) is 7.11 Å². The van der Waals surface area contributed by atoms with Crippen LogP contribution in [0.1, 0.15) is 34.7 Å². The molecule has 0 bridgehead atoms. The molecule has 3 aromatic carbocycles. The van der Waals surface area contributed by atoms with Crippen LogP contribution in [0.5, 0.6) is 5.75 Å². The molecule has 1 atom stereocenters. The molecule has 32 heavy (non-hydrogen) atoms. The highest BCUT2D eigenvalue weighted by atomic mass is 35.5. The highest BCUT2D eigenvalue weighted by Crippen LogP contribution is 2.35. The van der Waals surface area contributed by atoms with Crippen molar-refractivity contribution in [1.29, 1.82) is 0 Å². The third-order valence-corrected chi connectivity index (χ3v) is 5.83. The number of hydrogen-bond donors (Lipinski definition) is 3. The zero-order chi connectivity index (χ0) is 22.7. The van der Waals surface area contributed by atoms with Crippen LogP contribution in [-0.2, 0) is 0 Å². The minimum Gasteiger partial charge on any atom is -0.497 e. The first-order valence-corrected chi connectivity index (χ1v) is 10.7. The summed E-state index contributed by atoms with van der Waals surface area (Å²) in [7, 11) is 1.65. The first-order valence-electron chi connectivity index (χ1n) is 10.3. The normalized spacial score (nSPS) is 16.1. The number of nitrogens with one attached hydrogen (secondary N) is 3. The van der Waals surface area contributed by atoms with Crippen LogP contribution in [0.15, 0.2) is 65.8 Å². The number of carbonyl (C=O) groups is 1. The number of ether oxygens (including phenoxy) is 1. The van der Waals surface area contributed by atoms with E-state index in [1.165, 1.54) is 5.56 Å². The molecule has 0 saturated heterocycles. The number of hydrogen-bond acceptors (Lipinski definition) is 4. The Labute approximate surface area is 192 Å². The van der Waals surface area contributed by atoms with Crippen molar-refractivity contribution in [1.82, 2.24) is 5.43 Å². The molecule has 4 rings (SSSR count). The van der Waals surface area contributed by atoms with Crippen LogP contribution in [0.4, 0.5) is 16.2 Å². The number of benzene rings is 3. The fraction of sp³-hybridized carbons (Fsp3) is 0.200. The maximum Gasteiger partial charge on any atom is 0.339 e. The van der Waals surface area contributed by atoms with E-state index in [0.717, 1.165) is 39.5 Å². The number of fused-ring (bicyclic) bond motifs is 1. The van der Waals surface area contributed by atoms with E-state index in [1.807, 2.05) is 74.5 Å². The largest absolute Gasteiger partial charge is 0.497 e. The van der Waals surface area contributed by atoms with Gasteiger partial charge in [0.15, 0.2) is 0 Å². The molecule has 3 aromatic rings. The van der Waals surface area contributed by atoms with Crippen LogP contribution in [0, 0.1) is 13.8 Å². The van der Waals surface area contributed by atoms with Crippen LogP contribution >= 0.6 is 11.6 Å². The number of methoxy groups -OCH3 is 1. The van der Waals surface area contributed by atoms with Gasteiger partial charge in [0.1, 0.15) is 5.75 Å². The molecule has 0 spiro atoms. The van der Waals surface area contributed by atoms with Crippen LogP contribution in [0.25, 0.3) is 0 Å². The van der Waals surface area contributed by atoms with Crippen molar-refractivity contribution in [3.8, 4) is 5.75 Å². The second-order valence-electron chi connectivity index (χ2n) is 7.79. The van der Waals surface area contributed by atoms with Crippen molar-refractivity contribution in [2.75, 3.05) is 17.7 Å². The van der Waals surface area contributed by atoms with Gasteiger partial charge in [-0.25, -0.2) is 10.2 Å². The molecule has 6 nitrogen and oxygen atoms in total. The number of halogens is 1. The van der Waals surface area contributed by atoms with E-state index < -0.39 is 6.03 Å². The topological polar surface area (TPSA) is 74.8 Å². The molecule has 1 aliphatic rings. The number of aryl methyl sites for hydroxylation is 2. The van der Waals surface area contributed by atoms with Gasteiger partial charge in [0.05, 0.1) is 18.9 Å². The van der Waals surface area contributed by atoms with Crippen molar-refractivity contribution in [2.45, 2.75) is 26.3 Å². The third-order valence-electron chi connectivity index (χ3n) is 5.60. The van der Waals surface area contributed by atoms with E-state index in [2.05, 4.69) is 21.2 Å². The van der Waals surface area contributed by atoms with Crippen molar-refractivity contribution in [3.05, 3.63) is 87.9 Å². The van der Waals surface area contributed by atoms with Gasteiger partial charge in [0.2, 0.25) is 0 Å². The molecule has 1 heterocycles.